The van der Waals surface area contributed by atoms with E-state index < -0.39 is 0 Å². The van der Waals surface area contributed by atoms with Gasteiger partial charge in [0.2, 0.25) is 0 Å². The van der Waals surface area contributed by atoms with Crippen LogP contribution in [0.4, 0.5) is 0 Å². The fourth-order valence-electron chi connectivity index (χ4n) is 1.67. The Kier molecular flexibility index (Phi) is 6.84. The molecule has 3 heteroatoms. The summed E-state index contributed by atoms with van der Waals surface area (Å²) in [7, 11) is 0. The van der Waals surface area contributed by atoms with E-state index >= 15 is 0 Å². The molecule has 3 nitrogen and oxygen atoms in total. The van der Waals surface area contributed by atoms with Gasteiger partial charge < -0.3 is 14.8 Å². The van der Waals surface area contributed by atoms with Gasteiger partial charge in [-0.15, -0.1) is 6.42 Å². The first-order valence-electron chi connectivity index (χ1n) is 6.70. The van der Waals surface area contributed by atoms with Crippen LogP contribution in [0.1, 0.15) is 26.3 Å². The van der Waals surface area contributed by atoms with Crippen LogP contribution in [0, 0.1) is 18.3 Å². The molecular weight excluding hydrogens is 238 g/mol. The molecule has 0 saturated carbocycles. The number of ether oxygens (including phenoxy) is 2. The predicted molar refractivity (Wildman–Crippen MR) is 78.5 cm³/mol. The van der Waals surface area contributed by atoms with E-state index in [2.05, 4.69) is 25.1 Å². The molecule has 0 radical (unpaired) electrons. The third-order valence-corrected chi connectivity index (χ3v) is 2.50. The summed E-state index contributed by atoms with van der Waals surface area (Å²) < 4.78 is 11.0. The van der Waals surface area contributed by atoms with Crippen LogP contribution in [-0.4, -0.2) is 19.8 Å². The summed E-state index contributed by atoms with van der Waals surface area (Å²) in [6, 6.07) is 5.94. The molecule has 0 aliphatic carbocycles. The molecule has 1 aromatic carbocycles. The summed E-state index contributed by atoms with van der Waals surface area (Å²) >= 11 is 0. The Morgan fingerprint density at radius 1 is 1.26 bits per heavy atom. The van der Waals surface area contributed by atoms with E-state index in [1.165, 1.54) is 5.56 Å². The number of hydrogen-bond acceptors (Lipinski definition) is 3. The summed E-state index contributed by atoms with van der Waals surface area (Å²) in [5, 5.41) is 3.40. The molecule has 1 aromatic rings. The van der Waals surface area contributed by atoms with Crippen molar-refractivity contribution < 1.29 is 9.47 Å². The molecule has 0 amide bonds. The molecule has 19 heavy (non-hydrogen) atoms. The largest absolute Gasteiger partial charge is 0.490 e. The smallest absolute Gasteiger partial charge is 0.162 e. The van der Waals surface area contributed by atoms with Gasteiger partial charge in [0.25, 0.3) is 0 Å². The lowest BCUT2D eigenvalue weighted by Gasteiger charge is -2.13. The van der Waals surface area contributed by atoms with Crippen molar-refractivity contribution in [3.63, 3.8) is 0 Å². The lowest BCUT2D eigenvalue weighted by molar-refractivity contribution is 0.299. The summed E-state index contributed by atoms with van der Waals surface area (Å²) in [4.78, 5) is 0. The van der Waals surface area contributed by atoms with E-state index in [0.29, 0.717) is 18.3 Å². The molecule has 0 aromatic heterocycles. The first kappa shape index (κ1) is 15.4. The van der Waals surface area contributed by atoms with Gasteiger partial charge in [-0.05, 0) is 37.1 Å². The van der Waals surface area contributed by atoms with Gasteiger partial charge in [0.05, 0.1) is 6.61 Å². The molecule has 0 bridgehead atoms. The van der Waals surface area contributed by atoms with Crippen molar-refractivity contribution in [1.82, 2.24) is 5.32 Å². The second-order valence-electron chi connectivity index (χ2n) is 4.73. The number of benzene rings is 1. The van der Waals surface area contributed by atoms with Crippen molar-refractivity contribution in [3.05, 3.63) is 23.8 Å². The molecule has 0 spiro atoms. The standard InChI is InChI=1S/C16H23NO2/c1-5-9-19-15-8-7-14(10-16(15)18-6-2)12-17-11-13(3)4/h1,7-8,10,13,17H,6,9,11-12H2,2-4H3. The van der Waals surface area contributed by atoms with Crippen molar-refractivity contribution in [1.29, 1.82) is 0 Å². The highest BCUT2D eigenvalue weighted by molar-refractivity contribution is 5.43. The van der Waals surface area contributed by atoms with Gasteiger partial charge in [0, 0.05) is 6.54 Å². The highest BCUT2D eigenvalue weighted by Crippen LogP contribution is 2.28. The van der Waals surface area contributed by atoms with Crippen LogP contribution in [0.5, 0.6) is 11.5 Å². The average Bonchev–Trinajstić information content (AvgIpc) is 2.38. The molecule has 0 aliphatic rings. The second-order valence-corrected chi connectivity index (χ2v) is 4.73. The topological polar surface area (TPSA) is 30.5 Å². The summed E-state index contributed by atoms with van der Waals surface area (Å²) in [5.41, 5.74) is 1.18. The summed E-state index contributed by atoms with van der Waals surface area (Å²) in [5.74, 6) is 4.55. The normalized spacial score (nSPS) is 10.3. The summed E-state index contributed by atoms with van der Waals surface area (Å²) in [6.07, 6.45) is 5.20. The molecule has 1 rings (SSSR count). The Labute approximate surface area is 116 Å². The third-order valence-electron chi connectivity index (χ3n) is 2.50. The Bertz CT molecular complexity index is 421. The first-order chi connectivity index (χ1) is 9.17. The minimum absolute atomic E-state index is 0.255. The van der Waals surface area contributed by atoms with Crippen LogP contribution in [0.25, 0.3) is 0 Å². The van der Waals surface area contributed by atoms with Crippen LogP contribution in [0.2, 0.25) is 0 Å². The highest BCUT2D eigenvalue weighted by Gasteiger charge is 2.06. The SMILES string of the molecule is C#CCOc1ccc(CNCC(C)C)cc1OCC. The monoisotopic (exact) mass is 261 g/mol. The van der Waals surface area contributed by atoms with Gasteiger partial charge >= 0.3 is 0 Å². The lowest BCUT2D eigenvalue weighted by Crippen LogP contribution is -2.19. The van der Waals surface area contributed by atoms with Gasteiger partial charge in [0.15, 0.2) is 11.5 Å². The number of hydrogen-bond donors (Lipinski definition) is 1. The fourth-order valence-corrected chi connectivity index (χ4v) is 1.67. The number of terminal acetylenes is 1. The maximum absolute atomic E-state index is 5.58. The Balaban J connectivity index is 2.69. The molecule has 104 valence electrons. The van der Waals surface area contributed by atoms with Gasteiger partial charge in [-0.25, -0.2) is 0 Å². The fraction of sp³-hybridized carbons (Fsp3) is 0.500. The number of rotatable bonds is 8. The van der Waals surface area contributed by atoms with E-state index in [1.54, 1.807) is 0 Å². The van der Waals surface area contributed by atoms with Crippen molar-refractivity contribution in [3.8, 4) is 23.8 Å². The van der Waals surface area contributed by atoms with E-state index in [1.807, 2.05) is 25.1 Å². The minimum atomic E-state index is 0.255. The maximum Gasteiger partial charge on any atom is 0.162 e. The molecule has 1 N–H and O–H groups in total. The van der Waals surface area contributed by atoms with Crippen LogP contribution in [-0.2, 0) is 6.54 Å². The van der Waals surface area contributed by atoms with Crippen LogP contribution >= 0.6 is 0 Å². The van der Waals surface area contributed by atoms with E-state index in [4.69, 9.17) is 15.9 Å². The van der Waals surface area contributed by atoms with E-state index in [0.717, 1.165) is 18.8 Å². The van der Waals surface area contributed by atoms with E-state index in [9.17, 15) is 0 Å². The van der Waals surface area contributed by atoms with Crippen molar-refractivity contribution in [2.24, 2.45) is 5.92 Å². The summed E-state index contributed by atoms with van der Waals surface area (Å²) in [6.45, 7) is 9.02. The third kappa shape index (κ3) is 5.67. The molecule has 0 fully saturated rings. The predicted octanol–water partition coefficient (Wildman–Crippen LogP) is 2.84. The van der Waals surface area contributed by atoms with Crippen molar-refractivity contribution in [2.75, 3.05) is 19.8 Å². The molecular formula is C16H23NO2. The first-order valence-corrected chi connectivity index (χ1v) is 6.70. The highest BCUT2D eigenvalue weighted by atomic mass is 16.5. The van der Waals surface area contributed by atoms with Gasteiger partial charge in [-0.1, -0.05) is 25.8 Å². The lowest BCUT2D eigenvalue weighted by atomic mass is 10.2. The van der Waals surface area contributed by atoms with Gasteiger partial charge in [0.1, 0.15) is 6.61 Å². The molecule has 0 aliphatic heterocycles. The van der Waals surface area contributed by atoms with Gasteiger partial charge in [-0.2, -0.15) is 0 Å². The van der Waals surface area contributed by atoms with Crippen LogP contribution in [0.15, 0.2) is 18.2 Å². The molecule has 0 unspecified atom stereocenters. The van der Waals surface area contributed by atoms with E-state index in [-0.39, 0.29) is 6.61 Å². The zero-order chi connectivity index (χ0) is 14.1. The zero-order valence-corrected chi connectivity index (χ0v) is 12.0. The Hall–Kier alpha value is -1.66. The Morgan fingerprint density at radius 3 is 2.68 bits per heavy atom. The minimum Gasteiger partial charge on any atom is -0.490 e. The van der Waals surface area contributed by atoms with Crippen LogP contribution < -0.4 is 14.8 Å². The van der Waals surface area contributed by atoms with Crippen molar-refractivity contribution >= 4 is 0 Å². The second kappa shape index (κ2) is 8.44. The number of nitrogens with one attached hydrogen (secondary N) is 1. The zero-order valence-electron chi connectivity index (χ0n) is 12.0. The quantitative estimate of drug-likeness (QED) is 0.730. The van der Waals surface area contributed by atoms with Crippen molar-refractivity contribution in [2.45, 2.75) is 27.3 Å². The molecule has 0 heterocycles. The van der Waals surface area contributed by atoms with Crippen LogP contribution in [0.3, 0.4) is 0 Å². The molecule has 0 saturated heterocycles. The molecule has 0 atom stereocenters. The van der Waals surface area contributed by atoms with Gasteiger partial charge in [-0.3, -0.25) is 0 Å². The maximum atomic E-state index is 5.58. The Morgan fingerprint density at radius 2 is 2.05 bits per heavy atom. The average molecular weight is 261 g/mol.